The molecule has 1 aromatic rings. The van der Waals surface area contributed by atoms with E-state index >= 15 is 0 Å². The van der Waals surface area contributed by atoms with Crippen LogP contribution in [0.3, 0.4) is 0 Å². The molecule has 0 atom stereocenters. The van der Waals surface area contributed by atoms with Crippen molar-refractivity contribution in [1.29, 1.82) is 5.26 Å². The summed E-state index contributed by atoms with van der Waals surface area (Å²) in [6, 6.07) is 3.42. The van der Waals surface area contributed by atoms with Crippen molar-refractivity contribution in [3.8, 4) is 11.8 Å². The van der Waals surface area contributed by atoms with Gasteiger partial charge in [-0.05, 0) is 12.5 Å². The maximum Gasteiger partial charge on any atom is 0.255 e. The number of aromatic hydroxyl groups is 1. The van der Waals surface area contributed by atoms with Crippen molar-refractivity contribution in [3.05, 3.63) is 24.0 Å². The molecule has 0 aliphatic heterocycles. The predicted octanol–water partition coefficient (Wildman–Crippen LogP) is 0.821. The molecule has 78 valence electrons. The third-order valence-corrected chi connectivity index (χ3v) is 1.80. The Morgan fingerprint density at radius 1 is 1.67 bits per heavy atom. The molecule has 0 bridgehead atoms. The number of amides is 1. The van der Waals surface area contributed by atoms with E-state index in [0.717, 1.165) is 0 Å². The molecule has 5 nitrogen and oxygen atoms in total. The van der Waals surface area contributed by atoms with Crippen molar-refractivity contribution in [1.82, 2.24) is 10.3 Å². The quantitative estimate of drug-likeness (QED) is 0.712. The highest BCUT2D eigenvalue weighted by molar-refractivity contribution is 5.96. The zero-order valence-corrected chi connectivity index (χ0v) is 8.10. The van der Waals surface area contributed by atoms with Gasteiger partial charge in [-0.2, -0.15) is 5.26 Å². The lowest BCUT2D eigenvalue weighted by molar-refractivity contribution is 0.0950. The molecule has 0 spiro atoms. The minimum absolute atomic E-state index is 0.143. The number of carbonyl (C=O) groups is 1. The highest BCUT2D eigenvalue weighted by Crippen LogP contribution is 2.13. The largest absolute Gasteiger partial charge is 0.505 e. The maximum atomic E-state index is 11.4. The molecule has 0 unspecified atom stereocenters. The molecule has 1 rings (SSSR count). The Balaban J connectivity index is 2.48. The van der Waals surface area contributed by atoms with E-state index in [1.54, 1.807) is 0 Å². The SMILES string of the molecule is N#CCCCNC(=O)c1ccncc1O. The third kappa shape index (κ3) is 3.27. The van der Waals surface area contributed by atoms with E-state index in [2.05, 4.69) is 10.3 Å². The standard InChI is InChI=1S/C10H11N3O2/c11-4-1-2-5-13-10(15)8-3-6-12-7-9(8)14/h3,6-7,14H,1-2,5H2,(H,13,15). The van der Waals surface area contributed by atoms with Gasteiger partial charge in [0.05, 0.1) is 17.8 Å². The first-order chi connectivity index (χ1) is 7.25. The van der Waals surface area contributed by atoms with Crippen molar-refractivity contribution in [3.63, 3.8) is 0 Å². The number of hydrogen-bond donors (Lipinski definition) is 2. The lowest BCUT2D eigenvalue weighted by Crippen LogP contribution is -2.24. The molecule has 0 aromatic carbocycles. The van der Waals surface area contributed by atoms with Crippen molar-refractivity contribution in [2.24, 2.45) is 0 Å². The number of nitrogens with zero attached hydrogens (tertiary/aromatic N) is 2. The van der Waals surface area contributed by atoms with Crippen molar-refractivity contribution < 1.29 is 9.90 Å². The number of hydrogen-bond acceptors (Lipinski definition) is 4. The number of rotatable bonds is 4. The highest BCUT2D eigenvalue weighted by atomic mass is 16.3. The van der Waals surface area contributed by atoms with Crippen LogP contribution in [0.1, 0.15) is 23.2 Å². The topological polar surface area (TPSA) is 86.0 Å². The number of aromatic nitrogens is 1. The number of pyridine rings is 1. The Hall–Kier alpha value is -2.09. The maximum absolute atomic E-state index is 11.4. The summed E-state index contributed by atoms with van der Waals surface area (Å²) in [5, 5.41) is 20.2. The van der Waals surface area contributed by atoms with Gasteiger partial charge >= 0.3 is 0 Å². The fourth-order valence-corrected chi connectivity index (χ4v) is 1.04. The summed E-state index contributed by atoms with van der Waals surface area (Å²) in [7, 11) is 0. The van der Waals surface area contributed by atoms with Crippen molar-refractivity contribution in [2.75, 3.05) is 6.54 Å². The molecule has 1 amide bonds. The van der Waals surface area contributed by atoms with E-state index in [-0.39, 0.29) is 17.2 Å². The van der Waals surface area contributed by atoms with Gasteiger partial charge in [0.1, 0.15) is 5.75 Å². The van der Waals surface area contributed by atoms with Crippen LogP contribution in [0.15, 0.2) is 18.5 Å². The van der Waals surface area contributed by atoms with Crippen LogP contribution in [-0.4, -0.2) is 22.5 Å². The van der Waals surface area contributed by atoms with Gasteiger partial charge < -0.3 is 10.4 Å². The fraction of sp³-hybridized carbons (Fsp3) is 0.300. The van der Waals surface area contributed by atoms with Crippen LogP contribution in [0.4, 0.5) is 0 Å². The molecule has 15 heavy (non-hydrogen) atoms. The van der Waals surface area contributed by atoms with Gasteiger partial charge in [0.15, 0.2) is 0 Å². The second-order valence-electron chi connectivity index (χ2n) is 2.91. The third-order valence-electron chi connectivity index (χ3n) is 1.80. The first kappa shape index (κ1) is 11.0. The average molecular weight is 205 g/mol. The molecule has 0 aliphatic carbocycles. The minimum Gasteiger partial charge on any atom is -0.505 e. The summed E-state index contributed by atoms with van der Waals surface area (Å²) in [5.41, 5.74) is 0.196. The first-order valence-electron chi connectivity index (χ1n) is 4.54. The molecule has 1 heterocycles. The van der Waals surface area contributed by atoms with Gasteiger partial charge in [-0.3, -0.25) is 9.78 Å². The van der Waals surface area contributed by atoms with Gasteiger partial charge in [-0.15, -0.1) is 0 Å². The van der Waals surface area contributed by atoms with Crippen molar-refractivity contribution >= 4 is 5.91 Å². The molecule has 5 heteroatoms. The second-order valence-corrected chi connectivity index (χ2v) is 2.91. The second kappa shape index (κ2) is 5.60. The fourth-order valence-electron chi connectivity index (χ4n) is 1.04. The molecule has 0 saturated carbocycles. The molecule has 0 aliphatic rings. The molecule has 0 saturated heterocycles. The number of unbranched alkanes of at least 4 members (excludes halogenated alkanes) is 1. The van der Waals surface area contributed by atoms with Crippen LogP contribution in [0.2, 0.25) is 0 Å². The lowest BCUT2D eigenvalue weighted by Gasteiger charge is -2.04. The Morgan fingerprint density at radius 2 is 2.47 bits per heavy atom. The molecular weight excluding hydrogens is 194 g/mol. The van der Waals surface area contributed by atoms with Crippen molar-refractivity contribution in [2.45, 2.75) is 12.8 Å². The van der Waals surface area contributed by atoms with E-state index in [4.69, 9.17) is 5.26 Å². The average Bonchev–Trinajstić information content (AvgIpc) is 2.25. The summed E-state index contributed by atoms with van der Waals surface area (Å²) in [4.78, 5) is 15.1. The number of nitriles is 1. The Kier molecular flexibility index (Phi) is 4.10. The zero-order valence-electron chi connectivity index (χ0n) is 8.10. The minimum atomic E-state index is -0.354. The smallest absolute Gasteiger partial charge is 0.255 e. The van der Waals surface area contributed by atoms with Crippen LogP contribution < -0.4 is 5.32 Å². The van der Waals surface area contributed by atoms with Gasteiger partial charge in [-0.1, -0.05) is 0 Å². The van der Waals surface area contributed by atoms with Crippen LogP contribution in [0.25, 0.3) is 0 Å². The molecule has 1 aromatic heterocycles. The van der Waals surface area contributed by atoms with Gasteiger partial charge in [0.25, 0.3) is 5.91 Å². The molecule has 2 N–H and O–H groups in total. The van der Waals surface area contributed by atoms with E-state index in [0.29, 0.717) is 19.4 Å². The Morgan fingerprint density at radius 3 is 3.13 bits per heavy atom. The summed E-state index contributed by atoms with van der Waals surface area (Å²) >= 11 is 0. The summed E-state index contributed by atoms with van der Waals surface area (Å²) in [6.45, 7) is 0.425. The van der Waals surface area contributed by atoms with E-state index < -0.39 is 0 Å². The summed E-state index contributed by atoms with van der Waals surface area (Å²) < 4.78 is 0. The lowest BCUT2D eigenvalue weighted by atomic mass is 10.2. The van der Waals surface area contributed by atoms with Crippen LogP contribution >= 0.6 is 0 Å². The highest BCUT2D eigenvalue weighted by Gasteiger charge is 2.09. The monoisotopic (exact) mass is 205 g/mol. The summed E-state index contributed by atoms with van der Waals surface area (Å²) in [6.07, 6.45) is 3.66. The van der Waals surface area contributed by atoms with E-state index in [1.165, 1.54) is 18.5 Å². The van der Waals surface area contributed by atoms with Crippen LogP contribution in [0, 0.1) is 11.3 Å². The molecular formula is C10H11N3O2. The van der Waals surface area contributed by atoms with Gasteiger partial charge in [-0.25, -0.2) is 0 Å². The Labute approximate surface area is 87.4 Å². The van der Waals surface area contributed by atoms with E-state index in [1.807, 2.05) is 6.07 Å². The zero-order chi connectivity index (χ0) is 11.1. The number of carbonyl (C=O) groups excluding carboxylic acids is 1. The van der Waals surface area contributed by atoms with E-state index in [9.17, 15) is 9.90 Å². The first-order valence-corrected chi connectivity index (χ1v) is 4.54. The normalized spacial score (nSPS) is 9.27. The predicted molar refractivity (Wildman–Crippen MR) is 53.1 cm³/mol. The van der Waals surface area contributed by atoms with Gasteiger partial charge in [0.2, 0.25) is 0 Å². The molecule has 0 fully saturated rings. The Bertz CT molecular complexity index is 384. The van der Waals surface area contributed by atoms with Crippen LogP contribution in [0.5, 0.6) is 5.75 Å². The number of nitrogens with one attached hydrogen (secondary N) is 1. The van der Waals surface area contributed by atoms with Gasteiger partial charge in [0, 0.05) is 19.2 Å². The molecule has 0 radical (unpaired) electrons. The van der Waals surface area contributed by atoms with Crippen LogP contribution in [-0.2, 0) is 0 Å². The summed E-state index contributed by atoms with van der Waals surface area (Å²) in [5.74, 6) is -0.497.